The van der Waals surface area contributed by atoms with Gasteiger partial charge in [-0.1, -0.05) is 24.3 Å². The van der Waals surface area contributed by atoms with E-state index in [2.05, 4.69) is 0 Å². The number of likely N-dealkylation sites (N-methyl/N-ethyl adjacent to an activating group) is 1. The number of hydrogen-bond acceptors (Lipinski definition) is 3. The average molecular weight is 353 g/mol. The summed E-state index contributed by atoms with van der Waals surface area (Å²) in [7, 11) is 3.34. The maximum absolute atomic E-state index is 12.9. The van der Waals surface area contributed by atoms with Gasteiger partial charge in [-0.05, 0) is 41.8 Å². The SMILES string of the molecule is COc1ccc(C(=O)N(C)CCOc2ccc(F)cc2)c2ccccc12. The Morgan fingerprint density at radius 1 is 1.00 bits per heavy atom. The molecule has 1 amide bonds. The normalized spacial score (nSPS) is 10.6. The summed E-state index contributed by atoms with van der Waals surface area (Å²) in [6, 6.07) is 17.1. The van der Waals surface area contributed by atoms with Crippen molar-refractivity contribution in [2.75, 3.05) is 27.3 Å². The molecule has 0 aliphatic carbocycles. The summed E-state index contributed by atoms with van der Waals surface area (Å²) in [5.74, 6) is 0.907. The zero-order valence-corrected chi connectivity index (χ0v) is 14.7. The Morgan fingerprint density at radius 2 is 1.69 bits per heavy atom. The van der Waals surface area contributed by atoms with Gasteiger partial charge in [0.1, 0.15) is 23.9 Å². The van der Waals surface area contributed by atoms with Crippen LogP contribution in [0.25, 0.3) is 10.8 Å². The van der Waals surface area contributed by atoms with Gasteiger partial charge in [-0.25, -0.2) is 4.39 Å². The van der Waals surface area contributed by atoms with Crippen LogP contribution >= 0.6 is 0 Å². The zero-order valence-electron chi connectivity index (χ0n) is 14.7. The van der Waals surface area contributed by atoms with Gasteiger partial charge in [0, 0.05) is 18.0 Å². The topological polar surface area (TPSA) is 38.8 Å². The molecule has 0 heterocycles. The van der Waals surface area contributed by atoms with E-state index in [0.29, 0.717) is 24.5 Å². The van der Waals surface area contributed by atoms with Gasteiger partial charge < -0.3 is 14.4 Å². The molecule has 3 aromatic rings. The van der Waals surface area contributed by atoms with Gasteiger partial charge in [0.2, 0.25) is 0 Å². The minimum Gasteiger partial charge on any atom is -0.496 e. The van der Waals surface area contributed by atoms with Crippen molar-refractivity contribution in [3.8, 4) is 11.5 Å². The molecule has 0 radical (unpaired) electrons. The van der Waals surface area contributed by atoms with Crippen LogP contribution in [0.5, 0.6) is 11.5 Å². The second kappa shape index (κ2) is 7.87. The van der Waals surface area contributed by atoms with Crippen molar-refractivity contribution in [1.29, 1.82) is 0 Å². The lowest BCUT2D eigenvalue weighted by Gasteiger charge is -2.19. The Morgan fingerprint density at radius 3 is 2.38 bits per heavy atom. The van der Waals surface area contributed by atoms with Gasteiger partial charge in [0.15, 0.2) is 0 Å². The van der Waals surface area contributed by atoms with E-state index in [0.717, 1.165) is 16.5 Å². The van der Waals surface area contributed by atoms with E-state index < -0.39 is 0 Å². The second-order valence-electron chi connectivity index (χ2n) is 5.89. The number of hydrogen-bond donors (Lipinski definition) is 0. The van der Waals surface area contributed by atoms with Crippen LogP contribution in [0.4, 0.5) is 4.39 Å². The first-order chi connectivity index (χ1) is 12.6. The van der Waals surface area contributed by atoms with Crippen LogP contribution in [-0.4, -0.2) is 38.1 Å². The number of nitrogens with zero attached hydrogens (tertiary/aromatic N) is 1. The maximum Gasteiger partial charge on any atom is 0.254 e. The maximum atomic E-state index is 12.9. The van der Waals surface area contributed by atoms with Gasteiger partial charge in [-0.15, -0.1) is 0 Å². The molecule has 0 saturated heterocycles. The first-order valence-electron chi connectivity index (χ1n) is 8.29. The largest absolute Gasteiger partial charge is 0.496 e. The average Bonchev–Trinajstić information content (AvgIpc) is 2.68. The lowest BCUT2D eigenvalue weighted by Crippen LogP contribution is -2.31. The highest BCUT2D eigenvalue weighted by molar-refractivity contribution is 6.08. The van der Waals surface area contributed by atoms with Crippen molar-refractivity contribution in [3.63, 3.8) is 0 Å². The van der Waals surface area contributed by atoms with E-state index in [1.807, 2.05) is 24.3 Å². The lowest BCUT2D eigenvalue weighted by atomic mass is 10.0. The number of benzene rings is 3. The molecule has 0 unspecified atom stereocenters. The van der Waals surface area contributed by atoms with Crippen LogP contribution < -0.4 is 9.47 Å². The molecule has 0 aromatic heterocycles. The van der Waals surface area contributed by atoms with Gasteiger partial charge in [0.05, 0.1) is 13.7 Å². The molecule has 134 valence electrons. The number of rotatable bonds is 6. The van der Waals surface area contributed by atoms with Crippen molar-refractivity contribution in [2.45, 2.75) is 0 Å². The third-order valence-corrected chi connectivity index (χ3v) is 4.19. The molecule has 0 spiro atoms. The molecule has 3 aromatic carbocycles. The fraction of sp³-hybridized carbons (Fsp3) is 0.190. The van der Waals surface area contributed by atoms with Crippen LogP contribution in [0.3, 0.4) is 0 Å². The number of halogens is 1. The summed E-state index contributed by atoms with van der Waals surface area (Å²) in [6.07, 6.45) is 0. The molecule has 3 rings (SSSR count). The Kier molecular flexibility index (Phi) is 5.37. The minimum atomic E-state index is -0.309. The van der Waals surface area contributed by atoms with E-state index in [4.69, 9.17) is 9.47 Å². The Labute approximate surface area is 151 Å². The predicted octanol–water partition coefficient (Wildman–Crippen LogP) is 4.14. The van der Waals surface area contributed by atoms with Crippen molar-refractivity contribution in [3.05, 3.63) is 72.0 Å². The number of ether oxygens (including phenoxy) is 2. The summed E-state index contributed by atoms with van der Waals surface area (Å²) < 4.78 is 23.8. The Bertz CT molecular complexity index is 909. The van der Waals surface area contributed by atoms with Crippen LogP contribution in [0.2, 0.25) is 0 Å². The molecule has 0 aliphatic rings. The fourth-order valence-corrected chi connectivity index (χ4v) is 2.77. The monoisotopic (exact) mass is 353 g/mol. The van der Waals surface area contributed by atoms with Gasteiger partial charge >= 0.3 is 0 Å². The van der Waals surface area contributed by atoms with Crippen molar-refractivity contribution in [1.82, 2.24) is 4.90 Å². The summed E-state index contributed by atoms with van der Waals surface area (Å²) in [5.41, 5.74) is 0.616. The summed E-state index contributed by atoms with van der Waals surface area (Å²) >= 11 is 0. The van der Waals surface area contributed by atoms with E-state index in [1.165, 1.54) is 12.1 Å². The highest BCUT2D eigenvalue weighted by atomic mass is 19.1. The Balaban J connectivity index is 1.70. The third-order valence-electron chi connectivity index (χ3n) is 4.19. The first-order valence-corrected chi connectivity index (χ1v) is 8.29. The lowest BCUT2D eigenvalue weighted by molar-refractivity contribution is 0.0775. The molecular weight excluding hydrogens is 333 g/mol. The zero-order chi connectivity index (χ0) is 18.5. The quantitative estimate of drug-likeness (QED) is 0.669. The highest BCUT2D eigenvalue weighted by Crippen LogP contribution is 2.28. The molecular formula is C21H20FNO3. The third kappa shape index (κ3) is 3.77. The number of amides is 1. The van der Waals surface area contributed by atoms with Gasteiger partial charge in [-0.2, -0.15) is 0 Å². The predicted molar refractivity (Wildman–Crippen MR) is 99.4 cm³/mol. The standard InChI is InChI=1S/C21H20FNO3/c1-23(13-14-26-16-9-7-15(22)8-10-16)21(24)19-11-12-20(25-2)18-6-4-3-5-17(18)19/h3-12H,13-14H2,1-2H3. The van der Waals surface area contributed by atoms with Crippen LogP contribution in [0.1, 0.15) is 10.4 Å². The number of fused-ring (bicyclic) bond motifs is 1. The van der Waals surface area contributed by atoms with Crippen LogP contribution in [0.15, 0.2) is 60.7 Å². The molecule has 0 aliphatic heterocycles. The summed E-state index contributed by atoms with van der Waals surface area (Å²) in [4.78, 5) is 14.4. The number of methoxy groups -OCH3 is 1. The fourth-order valence-electron chi connectivity index (χ4n) is 2.77. The number of carbonyl (C=O) groups excluding carboxylic acids is 1. The van der Waals surface area contributed by atoms with E-state index in [1.54, 1.807) is 43.3 Å². The van der Waals surface area contributed by atoms with E-state index in [-0.39, 0.29) is 11.7 Å². The molecule has 0 fully saturated rings. The smallest absolute Gasteiger partial charge is 0.254 e. The van der Waals surface area contributed by atoms with Crippen LogP contribution in [0, 0.1) is 5.82 Å². The summed E-state index contributed by atoms with van der Waals surface area (Å²) in [6.45, 7) is 0.735. The van der Waals surface area contributed by atoms with E-state index >= 15 is 0 Å². The highest BCUT2D eigenvalue weighted by Gasteiger charge is 2.16. The molecule has 0 saturated carbocycles. The van der Waals surface area contributed by atoms with Gasteiger partial charge in [-0.3, -0.25) is 4.79 Å². The molecule has 26 heavy (non-hydrogen) atoms. The summed E-state index contributed by atoms with van der Waals surface area (Å²) in [5, 5.41) is 1.75. The number of carbonyl (C=O) groups is 1. The molecule has 0 bridgehead atoms. The Hall–Kier alpha value is -3.08. The van der Waals surface area contributed by atoms with Gasteiger partial charge in [0.25, 0.3) is 5.91 Å². The molecule has 0 atom stereocenters. The van der Waals surface area contributed by atoms with Crippen molar-refractivity contribution < 1.29 is 18.7 Å². The van der Waals surface area contributed by atoms with Crippen molar-refractivity contribution >= 4 is 16.7 Å². The molecule has 5 heteroatoms. The van der Waals surface area contributed by atoms with Crippen LogP contribution in [-0.2, 0) is 0 Å². The molecule has 4 nitrogen and oxygen atoms in total. The second-order valence-corrected chi connectivity index (χ2v) is 5.89. The first kappa shape index (κ1) is 17.7. The van der Waals surface area contributed by atoms with E-state index in [9.17, 15) is 9.18 Å². The minimum absolute atomic E-state index is 0.0911. The molecule has 0 N–H and O–H groups in total. The van der Waals surface area contributed by atoms with Crippen molar-refractivity contribution in [2.24, 2.45) is 0 Å².